The summed E-state index contributed by atoms with van der Waals surface area (Å²) < 4.78 is 0. The van der Waals surface area contributed by atoms with Gasteiger partial charge in [0.05, 0.1) is 11.5 Å². The van der Waals surface area contributed by atoms with Crippen LogP contribution in [0.15, 0.2) is 0 Å². The van der Waals surface area contributed by atoms with Gasteiger partial charge in [-0.25, -0.2) is 0 Å². The van der Waals surface area contributed by atoms with E-state index in [1.807, 2.05) is 0 Å². The number of aliphatic hydroxyl groups is 1. The molecule has 1 nitrogen and oxygen atoms in total. The van der Waals surface area contributed by atoms with Crippen molar-refractivity contribution in [3.8, 4) is 0 Å². The Kier molecular flexibility index (Phi) is 4.17. The van der Waals surface area contributed by atoms with Crippen LogP contribution in [-0.4, -0.2) is 28.3 Å². The summed E-state index contributed by atoms with van der Waals surface area (Å²) in [5.74, 6) is 0.350. The number of rotatable bonds is 3. The molecule has 0 aliphatic heterocycles. The number of alkyl halides is 3. The molecule has 50 valence electrons. The first-order chi connectivity index (χ1) is 3.68. The van der Waals surface area contributed by atoms with Gasteiger partial charge in [0.1, 0.15) is 0 Å². The number of hydrogen-bond acceptors (Lipinski definition) is 1. The maximum atomic E-state index is 8.48. The first-order valence-corrected chi connectivity index (χ1v) is 3.55. The first-order valence-electron chi connectivity index (χ1n) is 2.10. The van der Waals surface area contributed by atoms with Crippen molar-refractivity contribution in [1.82, 2.24) is 0 Å². The molecule has 0 saturated heterocycles. The molecule has 0 aliphatic rings. The van der Waals surface area contributed by atoms with E-state index in [0.717, 1.165) is 0 Å². The third-order valence-corrected chi connectivity index (χ3v) is 2.45. The van der Waals surface area contributed by atoms with E-state index in [1.54, 1.807) is 0 Å². The summed E-state index contributed by atoms with van der Waals surface area (Å²) in [5.41, 5.74) is 0. The third kappa shape index (κ3) is 2.40. The van der Waals surface area contributed by atoms with Gasteiger partial charge in [-0.1, -0.05) is 0 Å². The lowest BCUT2D eigenvalue weighted by atomic mass is 10.2. The van der Waals surface area contributed by atoms with Gasteiger partial charge < -0.3 is 5.11 Å². The Morgan fingerprint density at radius 1 is 1.25 bits per heavy atom. The van der Waals surface area contributed by atoms with Crippen molar-refractivity contribution < 1.29 is 5.11 Å². The Morgan fingerprint density at radius 2 is 1.62 bits per heavy atom. The van der Waals surface area contributed by atoms with Crippen LogP contribution < -0.4 is 0 Å². The molecule has 0 amide bonds. The fourth-order valence-electron chi connectivity index (χ4n) is 0.120. The minimum absolute atomic E-state index is 0.175. The van der Waals surface area contributed by atoms with Crippen LogP contribution in [0.1, 0.15) is 0 Å². The first kappa shape index (κ1) is 8.83. The van der Waals surface area contributed by atoms with E-state index in [1.165, 1.54) is 0 Å². The van der Waals surface area contributed by atoms with Crippen molar-refractivity contribution in [2.45, 2.75) is 4.87 Å². The minimum atomic E-state index is -0.816. The summed E-state index contributed by atoms with van der Waals surface area (Å²) in [6.45, 7) is -0.179. The van der Waals surface area contributed by atoms with E-state index >= 15 is 0 Å². The summed E-state index contributed by atoms with van der Waals surface area (Å²) in [7, 11) is 0. The van der Waals surface area contributed by atoms with Gasteiger partial charge >= 0.3 is 0 Å². The molecular formula is C4H7Cl3O. The molecule has 0 unspecified atom stereocenters. The van der Waals surface area contributed by atoms with Crippen molar-refractivity contribution in [3.63, 3.8) is 0 Å². The SMILES string of the molecule is OCC(Cl)(CCl)CCl. The highest BCUT2D eigenvalue weighted by Crippen LogP contribution is 2.17. The second kappa shape index (κ2) is 3.78. The van der Waals surface area contributed by atoms with Crippen LogP contribution in [0, 0.1) is 0 Å². The summed E-state index contributed by atoms with van der Waals surface area (Å²) in [6, 6.07) is 0. The molecule has 0 radical (unpaired) electrons. The van der Waals surface area contributed by atoms with Crippen LogP contribution in [0.5, 0.6) is 0 Å². The molecule has 0 aromatic carbocycles. The number of hydrogen-bond donors (Lipinski definition) is 1. The zero-order chi connectivity index (χ0) is 6.62. The number of halogens is 3. The fourth-order valence-corrected chi connectivity index (χ4v) is 0.575. The van der Waals surface area contributed by atoms with Gasteiger partial charge in [0.25, 0.3) is 0 Å². The fraction of sp³-hybridized carbons (Fsp3) is 1.00. The van der Waals surface area contributed by atoms with Crippen LogP contribution in [0.2, 0.25) is 0 Å². The van der Waals surface area contributed by atoms with Crippen molar-refractivity contribution >= 4 is 34.8 Å². The van der Waals surface area contributed by atoms with Crippen molar-refractivity contribution in [2.75, 3.05) is 18.4 Å². The van der Waals surface area contributed by atoms with Gasteiger partial charge in [0.2, 0.25) is 0 Å². The molecule has 4 heteroatoms. The zero-order valence-electron chi connectivity index (χ0n) is 4.20. The maximum absolute atomic E-state index is 8.48. The molecule has 0 atom stereocenters. The Morgan fingerprint density at radius 3 is 1.62 bits per heavy atom. The molecule has 0 fully saturated rings. The lowest BCUT2D eigenvalue weighted by Gasteiger charge is -2.16. The molecule has 0 aliphatic carbocycles. The van der Waals surface area contributed by atoms with E-state index < -0.39 is 4.87 Å². The normalized spacial score (nSPS) is 12.0. The Balaban J connectivity index is 3.58. The van der Waals surface area contributed by atoms with Crippen LogP contribution >= 0.6 is 34.8 Å². The highest BCUT2D eigenvalue weighted by Gasteiger charge is 2.23. The van der Waals surface area contributed by atoms with Gasteiger partial charge in [-0.2, -0.15) is 0 Å². The van der Waals surface area contributed by atoms with Gasteiger partial charge in [-0.3, -0.25) is 0 Å². The highest BCUT2D eigenvalue weighted by atomic mass is 35.5. The quantitative estimate of drug-likeness (QED) is 0.647. The summed E-state index contributed by atoms with van der Waals surface area (Å²) in [5, 5.41) is 8.48. The predicted molar refractivity (Wildman–Crippen MR) is 37.1 cm³/mol. The van der Waals surface area contributed by atoms with E-state index in [-0.39, 0.29) is 18.4 Å². The molecule has 0 saturated carbocycles. The lowest BCUT2D eigenvalue weighted by Crippen LogP contribution is -2.30. The van der Waals surface area contributed by atoms with Gasteiger partial charge in [0, 0.05) is 11.8 Å². The topological polar surface area (TPSA) is 20.2 Å². The van der Waals surface area contributed by atoms with E-state index in [2.05, 4.69) is 0 Å². The summed E-state index contributed by atoms with van der Waals surface area (Å²) in [6.07, 6.45) is 0. The minimum Gasteiger partial charge on any atom is -0.394 e. The van der Waals surface area contributed by atoms with Crippen molar-refractivity contribution in [1.29, 1.82) is 0 Å². The Bertz CT molecular complexity index is 54.0. The smallest absolute Gasteiger partial charge is 0.0945 e. The second-order valence-corrected chi connectivity index (χ2v) is 2.91. The highest BCUT2D eigenvalue weighted by molar-refractivity contribution is 6.35. The molecule has 0 bridgehead atoms. The van der Waals surface area contributed by atoms with Crippen LogP contribution in [0.25, 0.3) is 0 Å². The van der Waals surface area contributed by atoms with E-state index in [4.69, 9.17) is 39.9 Å². The molecule has 0 aromatic rings. The Hall–Kier alpha value is 0.830. The monoisotopic (exact) mass is 176 g/mol. The zero-order valence-corrected chi connectivity index (χ0v) is 6.47. The molecule has 0 aromatic heterocycles. The second-order valence-electron chi connectivity index (χ2n) is 1.58. The lowest BCUT2D eigenvalue weighted by molar-refractivity contribution is 0.264. The Labute approximate surface area is 63.5 Å². The molecule has 1 N–H and O–H groups in total. The van der Waals surface area contributed by atoms with Gasteiger partial charge in [0.15, 0.2) is 0 Å². The summed E-state index contributed by atoms with van der Waals surface area (Å²) in [4.78, 5) is -0.816. The molecule has 0 rings (SSSR count). The summed E-state index contributed by atoms with van der Waals surface area (Å²) >= 11 is 16.2. The van der Waals surface area contributed by atoms with Crippen LogP contribution in [0.3, 0.4) is 0 Å². The molecule has 0 heterocycles. The van der Waals surface area contributed by atoms with Crippen molar-refractivity contribution in [3.05, 3.63) is 0 Å². The number of aliphatic hydroxyl groups excluding tert-OH is 1. The third-order valence-electron chi connectivity index (χ3n) is 0.762. The van der Waals surface area contributed by atoms with Crippen LogP contribution in [-0.2, 0) is 0 Å². The largest absolute Gasteiger partial charge is 0.394 e. The average molecular weight is 177 g/mol. The van der Waals surface area contributed by atoms with Gasteiger partial charge in [-0.15, -0.1) is 34.8 Å². The van der Waals surface area contributed by atoms with Crippen molar-refractivity contribution in [2.24, 2.45) is 0 Å². The van der Waals surface area contributed by atoms with Crippen LogP contribution in [0.4, 0.5) is 0 Å². The van der Waals surface area contributed by atoms with E-state index in [0.29, 0.717) is 0 Å². The molecular weight excluding hydrogens is 170 g/mol. The maximum Gasteiger partial charge on any atom is 0.0945 e. The van der Waals surface area contributed by atoms with Gasteiger partial charge in [-0.05, 0) is 0 Å². The molecule has 8 heavy (non-hydrogen) atoms. The predicted octanol–water partition coefficient (Wildman–Crippen LogP) is 1.43. The van der Waals surface area contributed by atoms with E-state index in [9.17, 15) is 0 Å². The average Bonchev–Trinajstić information content (AvgIpc) is 1.87. The molecule has 0 spiro atoms. The standard InChI is InChI=1S/C4H7Cl3O/c5-1-4(7,2-6)3-8/h8H,1-3H2.